The molecule has 17 heavy (non-hydrogen) atoms. The zero-order valence-corrected chi connectivity index (χ0v) is 10.0. The van der Waals surface area contributed by atoms with E-state index >= 15 is 0 Å². The number of anilines is 2. The van der Waals surface area contributed by atoms with Crippen molar-refractivity contribution in [3.63, 3.8) is 0 Å². The van der Waals surface area contributed by atoms with E-state index in [1.165, 1.54) is 0 Å². The Morgan fingerprint density at radius 2 is 1.88 bits per heavy atom. The van der Waals surface area contributed by atoms with Crippen LogP contribution in [0.4, 0.5) is 16.2 Å². The van der Waals surface area contributed by atoms with Crippen LogP contribution in [0.5, 0.6) is 0 Å². The summed E-state index contributed by atoms with van der Waals surface area (Å²) in [5.74, 6) is 0. The molecule has 0 unspecified atom stereocenters. The number of amides is 2. The first-order valence-corrected chi connectivity index (χ1v) is 5.78. The Morgan fingerprint density at radius 1 is 1.24 bits per heavy atom. The molecule has 1 aromatic rings. The molecule has 92 valence electrons. The topological polar surface area (TPSA) is 61.6 Å². The highest BCUT2D eigenvalue weighted by Gasteiger charge is 2.21. The number of piperazine rings is 1. The second kappa shape index (κ2) is 4.95. The summed E-state index contributed by atoms with van der Waals surface area (Å²) < 4.78 is 0. The molecule has 1 aliphatic heterocycles. The van der Waals surface area contributed by atoms with Gasteiger partial charge in [-0.3, -0.25) is 0 Å². The van der Waals surface area contributed by atoms with E-state index in [0.717, 1.165) is 37.6 Å². The van der Waals surface area contributed by atoms with Gasteiger partial charge in [-0.1, -0.05) is 12.1 Å². The van der Waals surface area contributed by atoms with Crippen LogP contribution in [0.2, 0.25) is 0 Å². The normalized spacial score (nSPS) is 15.8. The first-order valence-electron chi connectivity index (χ1n) is 5.78. The lowest BCUT2D eigenvalue weighted by atomic mass is 10.2. The third kappa shape index (κ3) is 2.43. The van der Waals surface area contributed by atoms with Crippen molar-refractivity contribution >= 4 is 17.4 Å². The van der Waals surface area contributed by atoms with E-state index in [1.54, 1.807) is 7.05 Å². The molecule has 5 nitrogen and oxygen atoms in total. The van der Waals surface area contributed by atoms with Gasteiger partial charge in [0.05, 0.1) is 11.4 Å². The van der Waals surface area contributed by atoms with Crippen LogP contribution in [-0.2, 0) is 0 Å². The number of urea groups is 1. The van der Waals surface area contributed by atoms with E-state index in [-0.39, 0.29) is 6.03 Å². The Morgan fingerprint density at radius 3 is 2.47 bits per heavy atom. The predicted octanol–water partition coefficient (Wildman–Crippen LogP) is 0.730. The third-order valence-corrected chi connectivity index (χ3v) is 3.06. The number of benzene rings is 1. The van der Waals surface area contributed by atoms with E-state index in [0.29, 0.717) is 0 Å². The molecule has 1 aliphatic rings. The van der Waals surface area contributed by atoms with Gasteiger partial charge in [0.2, 0.25) is 0 Å². The van der Waals surface area contributed by atoms with Crippen LogP contribution in [0.3, 0.4) is 0 Å². The maximum absolute atomic E-state index is 11.4. The van der Waals surface area contributed by atoms with E-state index in [9.17, 15) is 4.79 Å². The first-order chi connectivity index (χ1) is 8.22. The zero-order valence-electron chi connectivity index (χ0n) is 10.0. The van der Waals surface area contributed by atoms with Crippen molar-refractivity contribution in [2.24, 2.45) is 0 Å². The lowest BCUT2D eigenvalue weighted by Crippen LogP contribution is -2.51. The molecule has 1 fully saturated rings. The average molecular weight is 234 g/mol. The predicted molar refractivity (Wildman–Crippen MR) is 69.1 cm³/mol. The maximum Gasteiger partial charge on any atom is 0.317 e. The lowest BCUT2D eigenvalue weighted by molar-refractivity contribution is 0.196. The highest BCUT2D eigenvalue weighted by molar-refractivity contribution is 5.74. The van der Waals surface area contributed by atoms with E-state index < -0.39 is 0 Å². The summed E-state index contributed by atoms with van der Waals surface area (Å²) in [4.78, 5) is 15.5. The van der Waals surface area contributed by atoms with Crippen molar-refractivity contribution in [2.45, 2.75) is 0 Å². The van der Waals surface area contributed by atoms with Gasteiger partial charge in [-0.05, 0) is 12.1 Å². The Balaban J connectivity index is 2.00. The molecular formula is C12H18N4O. The van der Waals surface area contributed by atoms with Gasteiger partial charge >= 0.3 is 6.03 Å². The number of hydrogen-bond donors (Lipinski definition) is 2. The highest BCUT2D eigenvalue weighted by atomic mass is 16.2. The van der Waals surface area contributed by atoms with Crippen LogP contribution in [-0.4, -0.2) is 44.2 Å². The fourth-order valence-electron chi connectivity index (χ4n) is 2.08. The number of nitrogen functional groups attached to an aromatic ring is 1. The summed E-state index contributed by atoms with van der Waals surface area (Å²) in [6.45, 7) is 3.10. The van der Waals surface area contributed by atoms with Crippen molar-refractivity contribution < 1.29 is 4.79 Å². The lowest BCUT2D eigenvalue weighted by Gasteiger charge is -2.36. The summed E-state index contributed by atoms with van der Waals surface area (Å²) >= 11 is 0. The van der Waals surface area contributed by atoms with Gasteiger partial charge in [0.1, 0.15) is 0 Å². The average Bonchev–Trinajstić information content (AvgIpc) is 2.39. The van der Waals surface area contributed by atoms with Crippen molar-refractivity contribution in [1.82, 2.24) is 10.2 Å². The zero-order chi connectivity index (χ0) is 12.3. The minimum Gasteiger partial charge on any atom is -0.397 e. The quantitative estimate of drug-likeness (QED) is 0.704. The molecule has 1 heterocycles. The Kier molecular flexibility index (Phi) is 3.37. The largest absolute Gasteiger partial charge is 0.397 e. The number of nitrogens with two attached hydrogens (primary N) is 1. The Bertz CT molecular complexity index is 399. The maximum atomic E-state index is 11.4. The SMILES string of the molecule is CNC(=O)N1CCN(c2ccccc2N)CC1. The van der Waals surface area contributed by atoms with E-state index in [4.69, 9.17) is 5.73 Å². The molecule has 2 amide bonds. The fourth-order valence-corrected chi connectivity index (χ4v) is 2.08. The Labute approximate surface area is 101 Å². The summed E-state index contributed by atoms with van der Waals surface area (Å²) in [5, 5.41) is 2.64. The van der Waals surface area contributed by atoms with E-state index in [2.05, 4.69) is 10.2 Å². The molecule has 3 N–H and O–H groups in total. The smallest absolute Gasteiger partial charge is 0.317 e. The van der Waals surface area contributed by atoms with Crippen molar-refractivity contribution in [3.05, 3.63) is 24.3 Å². The number of carbonyl (C=O) groups excluding carboxylic acids is 1. The minimum atomic E-state index is -0.00863. The van der Waals surface area contributed by atoms with Gasteiger partial charge in [-0.2, -0.15) is 0 Å². The molecule has 1 saturated heterocycles. The van der Waals surface area contributed by atoms with Gasteiger partial charge in [0, 0.05) is 33.2 Å². The molecule has 0 saturated carbocycles. The highest BCUT2D eigenvalue weighted by Crippen LogP contribution is 2.23. The summed E-state index contributed by atoms with van der Waals surface area (Å²) in [7, 11) is 1.66. The van der Waals surface area contributed by atoms with Gasteiger partial charge in [-0.25, -0.2) is 4.79 Å². The standard InChI is InChI=1S/C12H18N4O/c1-14-12(17)16-8-6-15(7-9-16)11-5-3-2-4-10(11)13/h2-5H,6-9,13H2,1H3,(H,14,17). The summed E-state index contributed by atoms with van der Waals surface area (Å²) in [6.07, 6.45) is 0. The molecule has 0 aromatic heterocycles. The number of carbonyl (C=O) groups is 1. The van der Waals surface area contributed by atoms with Crippen LogP contribution in [0.1, 0.15) is 0 Å². The third-order valence-electron chi connectivity index (χ3n) is 3.06. The number of para-hydroxylation sites is 2. The van der Waals surface area contributed by atoms with Crippen molar-refractivity contribution in [1.29, 1.82) is 0 Å². The molecule has 0 bridgehead atoms. The summed E-state index contributed by atoms with van der Waals surface area (Å²) in [6, 6.07) is 7.83. The van der Waals surface area contributed by atoms with Gasteiger partial charge in [0.25, 0.3) is 0 Å². The monoisotopic (exact) mass is 234 g/mol. The van der Waals surface area contributed by atoms with Crippen molar-refractivity contribution in [3.8, 4) is 0 Å². The van der Waals surface area contributed by atoms with Gasteiger partial charge in [0.15, 0.2) is 0 Å². The molecule has 2 rings (SSSR count). The fraction of sp³-hybridized carbons (Fsp3) is 0.417. The number of nitrogens with one attached hydrogen (secondary N) is 1. The first kappa shape index (κ1) is 11.6. The van der Waals surface area contributed by atoms with Crippen LogP contribution in [0, 0.1) is 0 Å². The van der Waals surface area contributed by atoms with Crippen LogP contribution < -0.4 is 16.0 Å². The number of nitrogens with zero attached hydrogens (tertiary/aromatic N) is 2. The number of hydrogen-bond acceptors (Lipinski definition) is 3. The molecule has 0 atom stereocenters. The molecule has 5 heteroatoms. The molecule has 0 spiro atoms. The van der Waals surface area contributed by atoms with Gasteiger partial charge < -0.3 is 20.9 Å². The number of rotatable bonds is 1. The van der Waals surface area contributed by atoms with E-state index in [1.807, 2.05) is 29.2 Å². The molecule has 0 aliphatic carbocycles. The Hall–Kier alpha value is -1.91. The molecule has 0 radical (unpaired) electrons. The summed E-state index contributed by atoms with van der Waals surface area (Å²) in [5.41, 5.74) is 7.79. The minimum absolute atomic E-state index is 0.00863. The van der Waals surface area contributed by atoms with Crippen LogP contribution >= 0.6 is 0 Å². The van der Waals surface area contributed by atoms with Crippen molar-refractivity contribution in [2.75, 3.05) is 43.9 Å². The van der Waals surface area contributed by atoms with Gasteiger partial charge in [-0.15, -0.1) is 0 Å². The van der Waals surface area contributed by atoms with Crippen LogP contribution in [0.15, 0.2) is 24.3 Å². The molecule has 1 aromatic carbocycles. The van der Waals surface area contributed by atoms with Crippen LogP contribution in [0.25, 0.3) is 0 Å². The second-order valence-corrected chi connectivity index (χ2v) is 4.09. The second-order valence-electron chi connectivity index (χ2n) is 4.09. The molecular weight excluding hydrogens is 216 g/mol.